The summed E-state index contributed by atoms with van der Waals surface area (Å²) in [5, 5.41) is 7.25. The smallest absolute Gasteiger partial charge is 0.227 e. The third-order valence-electron chi connectivity index (χ3n) is 4.73. The van der Waals surface area contributed by atoms with Gasteiger partial charge >= 0.3 is 0 Å². The molecule has 0 spiro atoms. The van der Waals surface area contributed by atoms with Crippen molar-refractivity contribution in [3.8, 4) is 0 Å². The molecule has 0 aromatic heterocycles. The molecular formula is C21H25N3OS. The lowest BCUT2D eigenvalue weighted by molar-refractivity contribution is -0.117. The van der Waals surface area contributed by atoms with Gasteiger partial charge in [0, 0.05) is 24.3 Å². The molecule has 1 saturated heterocycles. The van der Waals surface area contributed by atoms with Crippen molar-refractivity contribution in [1.29, 1.82) is 0 Å². The van der Waals surface area contributed by atoms with E-state index in [1.807, 2.05) is 48.2 Å². The average Bonchev–Trinajstić information content (AvgIpc) is 3.06. The van der Waals surface area contributed by atoms with Crippen molar-refractivity contribution >= 4 is 34.6 Å². The highest BCUT2D eigenvalue weighted by atomic mass is 32.1. The molecule has 2 aromatic rings. The molecule has 2 aromatic carbocycles. The number of anilines is 2. The third-order valence-corrected chi connectivity index (χ3v) is 4.95. The first-order valence-electron chi connectivity index (χ1n) is 9.12. The number of hydrogen-bond acceptors (Lipinski definition) is 2. The van der Waals surface area contributed by atoms with Crippen LogP contribution in [0, 0.1) is 6.92 Å². The molecule has 1 fully saturated rings. The number of rotatable bonds is 5. The van der Waals surface area contributed by atoms with Gasteiger partial charge in [0.2, 0.25) is 5.91 Å². The van der Waals surface area contributed by atoms with Crippen molar-refractivity contribution in [2.24, 2.45) is 0 Å². The van der Waals surface area contributed by atoms with Crippen LogP contribution in [0.4, 0.5) is 11.4 Å². The zero-order valence-corrected chi connectivity index (χ0v) is 16.1. The molecule has 0 radical (unpaired) electrons. The van der Waals surface area contributed by atoms with Crippen LogP contribution in [0.15, 0.2) is 48.5 Å². The van der Waals surface area contributed by atoms with E-state index in [1.165, 1.54) is 5.56 Å². The Labute approximate surface area is 160 Å². The summed E-state index contributed by atoms with van der Waals surface area (Å²) < 4.78 is 0. The Hall–Kier alpha value is -2.40. The summed E-state index contributed by atoms with van der Waals surface area (Å²) in [6.07, 6.45) is 2.52. The Morgan fingerprint density at radius 1 is 1.23 bits per heavy atom. The van der Waals surface area contributed by atoms with Gasteiger partial charge in [0.15, 0.2) is 5.11 Å². The summed E-state index contributed by atoms with van der Waals surface area (Å²) >= 11 is 5.49. The monoisotopic (exact) mass is 367 g/mol. The van der Waals surface area contributed by atoms with Crippen LogP contribution in [0.1, 0.15) is 43.4 Å². The second-order valence-corrected chi connectivity index (χ2v) is 7.03. The maximum atomic E-state index is 12.0. The second kappa shape index (κ2) is 8.32. The van der Waals surface area contributed by atoms with E-state index < -0.39 is 0 Å². The van der Waals surface area contributed by atoms with Crippen LogP contribution < -0.4 is 15.5 Å². The number of aryl methyl sites for hydroxylation is 1. The second-order valence-electron chi connectivity index (χ2n) is 6.62. The molecule has 1 aliphatic rings. The summed E-state index contributed by atoms with van der Waals surface area (Å²) in [4.78, 5) is 13.8. The van der Waals surface area contributed by atoms with E-state index in [-0.39, 0.29) is 11.9 Å². The first kappa shape index (κ1) is 18.4. The molecule has 0 bridgehead atoms. The summed E-state index contributed by atoms with van der Waals surface area (Å²) in [5.41, 5.74) is 4.22. The van der Waals surface area contributed by atoms with Crippen molar-refractivity contribution in [1.82, 2.24) is 5.32 Å². The fraction of sp³-hybridized carbons (Fsp3) is 0.333. The molecule has 5 heteroatoms. The van der Waals surface area contributed by atoms with Gasteiger partial charge in [-0.25, -0.2) is 0 Å². The summed E-state index contributed by atoms with van der Waals surface area (Å²) in [6, 6.07) is 16.5. The average molecular weight is 368 g/mol. The van der Waals surface area contributed by atoms with E-state index in [1.54, 1.807) is 0 Å². The first-order valence-corrected chi connectivity index (χ1v) is 9.52. The topological polar surface area (TPSA) is 44.4 Å². The van der Waals surface area contributed by atoms with Crippen LogP contribution in [0.3, 0.4) is 0 Å². The molecule has 1 atom stereocenters. The lowest BCUT2D eigenvalue weighted by Gasteiger charge is -2.21. The summed E-state index contributed by atoms with van der Waals surface area (Å²) in [7, 11) is 0. The molecule has 2 N–H and O–H groups in total. The number of nitrogens with one attached hydrogen (secondary N) is 2. The highest BCUT2D eigenvalue weighted by Crippen LogP contribution is 2.27. The van der Waals surface area contributed by atoms with E-state index in [0.29, 0.717) is 11.5 Å². The fourth-order valence-electron chi connectivity index (χ4n) is 3.37. The van der Waals surface area contributed by atoms with Crippen molar-refractivity contribution in [2.45, 2.75) is 39.2 Å². The van der Waals surface area contributed by atoms with E-state index in [0.717, 1.165) is 36.3 Å². The molecule has 0 unspecified atom stereocenters. The molecule has 0 aliphatic carbocycles. The number of hydrogen-bond donors (Lipinski definition) is 2. The normalized spacial score (nSPS) is 15.0. The predicted molar refractivity (Wildman–Crippen MR) is 112 cm³/mol. The van der Waals surface area contributed by atoms with Crippen LogP contribution in [0.5, 0.6) is 0 Å². The lowest BCUT2D eigenvalue weighted by Crippen LogP contribution is -2.32. The number of carbonyl (C=O) groups excluding carboxylic acids is 1. The predicted octanol–water partition coefficient (Wildman–Crippen LogP) is 4.56. The molecule has 1 aliphatic heterocycles. The molecule has 1 heterocycles. The maximum Gasteiger partial charge on any atom is 0.227 e. The number of carbonyl (C=O) groups is 1. The van der Waals surface area contributed by atoms with Gasteiger partial charge in [0.1, 0.15) is 0 Å². The van der Waals surface area contributed by atoms with Gasteiger partial charge < -0.3 is 15.5 Å². The number of thiocarbonyl (C=S) groups is 1. The van der Waals surface area contributed by atoms with Gasteiger partial charge in [0.25, 0.3) is 0 Å². The van der Waals surface area contributed by atoms with Crippen molar-refractivity contribution in [3.05, 3.63) is 59.7 Å². The first-order chi connectivity index (χ1) is 12.6. The van der Waals surface area contributed by atoms with Gasteiger partial charge in [-0.05, 0) is 61.3 Å². The van der Waals surface area contributed by atoms with Crippen LogP contribution in [-0.2, 0) is 4.79 Å². The largest absolute Gasteiger partial charge is 0.356 e. The van der Waals surface area contributed by atoms with Gasteiger partial charge in [-0.2, -0.15) is 0 Å². The van der Waals surface area contributed by atoms with Crippen molar-refractivity contribution in [2.75, 3.05) is 16.8 Å². The molecule has 1 amide bonds. The maximum absolute atomic E-state index is 12.0. The zero-order valence-electron chi connectivity index (χ0n) is 15.3. The van der Waals surface area contributed by atoms with E-state index >= 15 is 0 Å². The van der Waals surface area contributed by atoms with E-state index in [4.69, 9.17) is 12.2 Å². The van der Waals surface area contributed by atoms with Gasteiger partial charge in [-0.1, -0.05) is 37.3 Å². The number of amides is 1. The lowest BCUT2D eigenvalue weighted by atomic mass is 10.1. The fourth-order valence-corrected chi connectivity index (χ4v) is 3.63. The highest BCUT2D eigenvalue weighted by molar-refractivity contribution is 7.80. The molecule has 136 valence electrons. The van der Waals surface area contributed by atoms with E-state index in [9.17, 15) is 4.79 Å². The minimum Gasteiger partial charge on any atom is -0.356 e. The SMILES string of the molecule is CC[C@H](NC(=S)Nc1ccc(N2CCCC2=O)c(C)c1)c1ccccc1. The van der Waals surface area contributed by atoms with Crippen LogP contribution in [-0.4, -0.2) is 17.6 Å². The van der Waals surface area contributed by atoms with Crippen molar-refractivity contribution < 1.29 is 4.79 Å². The Morgan fingerprint density at radius 3 is 2.62 bits per heavy atom. The molecular weight excluding hydrogens is 342 g/mol. The Bertz CT molecular complexity index is 791. The van der Waals surface area contributed by atoms with Crippen LogP contribution >= 0.6 is 12.2 Å². The minimum atomic E-state index is 0.179. The van der Waals surface area contributed by atoms with Gasteiger partial charge in [-0.3, -0.25) is 4.79 Å². The standard InChI is InChI=1S/C21H25N3OS/c1-3-18(16-8-5-4-6-9-16)23-21(26)22-17-11-12-19(15(2)14-17)24-13-7-10-20(24)25/h4-6,8-9,11-12,14,18H,3,7,10,13H2,1-2H3,(H2,22,23,26)/t18-/m0/s1. The number of nitrogens with zero attached hydrogens (tertiary/aromatic N) is 1. The van der Waals surface area contributed by atoms with Gasteiger partial charge in [-0.15, -0.1) is 0 Å². The Balaban J connectivity index is 1.66. The van der Waals surface area contributed by atoms with Crippen LogP contribution in [0.2, 0.25) is 0 Å². The summed E-state index contributed by atoms with van der Waals surface area (Å²) in [6.45, 7) is 4.97. The zero-order chi connectivity index (χ0) is 18.5. The molecule has 0 saturated carbocycles. The Morgan fingerprint density at radius 2 is 2.00 bits per heavy atom. The Kier molecular flexibility index (Phi) is 5.89. The number of benzene rings is 2. The van der Waals surface area contributed by atoms with Crippen LogP contribution in [0.25, 0.3) is 0 Å². The van der Waals surface area contributed by atoms with E-state index in [2.05, 4.69) is 29.7 Å². The minimum absolute atomic E-state index is 0.179. The van der Waals surface area contributed by atoms with Gasteiger partial charge in [0.05, 0.1) is 6.04 Å². The highest BCUT2D eigenvalue weighted by Gasteiger charge is 2.23. The van der Waals surface area contributed by atoms with Crippen molar-refractivity contribution in [3.63, 3.8) is 0 Å². The summed E-state index contributed by atoms with van der Waals surface area (Å²) in [5.74, 6) is 0.208. The third kappa shape index (κ3) is 4.22. The molecule has 3 rings (SSSR count). The quantitative estimate of drug-likeness (QED) is 0.761. The molecule has 4 nitrogen and oxygen atoms in total. The molecule has 26 heavy (non-hydrogen) atoms.